The fourth-order valence-electron chi connectivity index (χ4n) is 2.53. The number of methoxy groups -OCH3 is 3. The summed E-state index contributed by atoms with van der Waals surface area (Å²) in [4.78, 5) is 12.4. The Labute approximate surface area is 129 Å². The Morgan fingerprint density at radius 3 is 2.24 bits per heavy atom. The van der Waals surface area contributed by atoms with Crippen LogP contribution in [0.15, 0.2) is 12.1 Å². The molecule has 0 spiro atoms. The van der Waals surface area contributed by atoms with Crippen molar-refractivity contribution in [2.75, 3.05) is 21.3 Å². The maximum Gasteiger partial charge on any atom is 0.255 e. The molecule has 1 saturated carbocycles. The van der Waals surface area contributed by atoms with Crippen molar-refractivity contribution in [2.45, 2.75) is 30.7 Å². The SMILES string of the molecule is COc1cc(OC)c(C(=O)NC2CCCC2Cl)cc1OC. The lowest BCUT2D eigenvalue weighted by molar-refractivity contribution is 0.0935. The number of hydrogen-bond donors (Lipinski definition) is 1. The van der Waals surface area contributed by atoms with Gasteiger partial charge in [-0.1, -0.05) is 0 Å². The highest BCUT2D eigenvalue weighted by Gasteiger charge is 2.28. The van der Waals surface area contributed by atoms with Gasteiger partial charge in [-0.3, -0.25) is 4.79 Å². The van der Waals surface area contributed by atoms with Crippen LogP contribution in [-0.4, -0.2) is 38.7 Å². The monoisotopic (exact) mass is 313 g/mol. The molecule has 2 atom stereocenters. The number of ether oxygens (including phenoxy) is 3. The van der Waals surface area contributed by atoms with Crippen LogP contribution in [0.4, 0.5) is 0 Å². The quantitative estimate of drug-likeness (QED) is 0.849. The second-order valence-electron chi connectivity index (χ2n) is 4.93. The third-order valence-corrected chi connectivity index (χ3v) is 4.22. The van der Waals surface area contributed by atoms with Crippen LogP contribution < -0.4 is 19.5 Å². The Morgan fingerprint density at radius 2 is 1.71 bits per heavy atom. The summed E-state index contributed by atoms with van der Waals surface area (Å²) < 4.78 is 15.7. The molecule has 0 bridgehead atoms. The molecule has 0 radical (unpaired) electrons. The van der Waals surface area contributed by atoms with E-state index in [-0.39, 0.29) is 17.3 Å². The number of carbonyl (C=O) groups is 1. The zero-order chi connectivity index (χ0) is 15.4. The zero-order valence-corrected chi connectivity index (χ0v) is 13.2. The summed E-state index contributed by atoms with van der Waals surface area (Å²) >= 11 is 6.20. The lowest BCUT2D eigenvalue weighted by atomic mass is 10.1. The normalized spacial score (nSPS) is 21.0. The van der Waals surface area contributed by atoms with Crippen LogP contribution >= 0.6 is 11.6 Å². The molecule has 5 nitrogen and oxygen atoms in total. The van der Waals surface area contributed by atoms with Crippen molar-refractivity contribution in [3.63, 3.8) is 0 Å². The number of halogens is 1. The average Bonchev–Trinajstić information content (AvgIpc) is 2.90. The number of hydrogen-bond acceptors (Lipinski definition) is 4. The molecule has 1 aromatic carbocycles. The largest absolute Gasteiger partial charge is 0.496 e. The van der Waals surface area contributed by atoms with E-state index >= 15 is 0 Å². The summed E-state index contributed by atoms with van der Waals surface area (Å²) in [6.45, 7) is 0. The first-order valence-corrected chi connectivity index (χ1v) is 7.29. The molecule has 0 aliphatic heterocycles. The molecule has 0 heterocycles. The smallest absolute Gasteiger partial charge is 0.255 e. The van der Waals surface area contributed by atoms with E-state index in [0.717, 1.165) is 19.3 Å². The highest BCUT2D eigenvalue weighted by molar-refractivity contribution is 6.21. The maximum atomic E-state index is 12.4. The van der Waals surface area contributed by atoms with Crippen molar-refractivity contribution >= 4 is 17.5 Å². The standard InChI is InChI=1S/C15H20ClNO4/c1-19-12-8-14(21-3)13(20-2)7-9(12)15(18)17-11-6-4-5-10(11)16/h7-8,10-11H,4-6H2,1-3H3,(H,17,18). The number of amides is 1. The first-order valence-electron chi connectivity index (χ1n) is 6.85. The zero-order valence-electron chi connectivity index (χ0n) is 12.4. The van der Waals surface area contributed by atoms with Gasteiger partial charge in [0.1, 0.15) is 5.75 Å². The predicted molar refractivity (Wildman–Crippen MR) is 80.8 cm³/mol. The number of nitrogens with one attached hydrogen (secondary N) is 1. The van der Waals surface area contributed by atoms with Crippen LogP contribution in [0.2, 0.25) is 0 Å². The molecular formula is C15H20ClNO4. The van der Waals surface area contributed by atoms with Gasteiger partial charge in [0.05, 0.1) is 32.3 Å². The first kappa shape index (κ1) is 15.8. The van der Waals surface area contributed by atoms with Gasteiger partial charge in [-0.25, -0.2) is 0 Å². The minimum atomic E-state index is -0.217. The minimum absolute atomic E-state index is 0.00281. The fraction of sp³-hybridized carbons (Fsp3) is 0.533. The van der Waals surface area contributed by atoms with Crippen molar-refractivity contribution in [3.05, 3.63) is 17.7 Å². The number of benzene rings is 1. The van der Waals surface area contributed by atoms with E-state index < -0.39 is 0 Å². The topological polar surface area (TPSA) is 56.8 Å². The molecule has 21 heavy (non-hydrogen) atoms. The van der Waals surface area contributed by atoms with E-state index in [0.29, 0.717) is 22.8 Å². The fourth-order valence-corrected chi connectivity index (χ4v) is 2.87. The molecule has 116 valence electrons. The van der Waals surface area contributed by atoms with Gasteiger partial charge in [0.15, 0.2) is 11.5 Å². The van der Waals surface area contributed by atoms with Gasteiger partial charge in [-0.15, -0.1) is 11.6 Å². The Morgan fingerprint density at radius 1 is 1.10 bits per heavy atom. The summed E-state index contributed by atoms with van der Waals surface area (Å²) in [5.41, 5.74) is 0.408. The van der Waals surface area contributed by atoms with Crippen molar-refractivity contribution in [3.8, 4) is 17.2 Å². The Hall–Kier alpha value is -1.62. The van der Waals surface area contributed by atoms with E-state index in [2.05, 4.69) is 5.32 Å². The van der Waals surface area contributed by atoms with Crippen LogP contribution in [-0.2, 0) is 0 Å². The summed E-state index contributed by atoms with van der Waals surface area (Å²) in [5, 5.41) is 2.95. The predicted octanol–water partition coefficient (Wildman–Crippen LogP) is 2.60. The van der Waals surface area contributed by atoms with E-state index in [4.69, 9.17) is 25.8 Å². The summed E-state index contributed by atoms with van der Waals surface area (Å²) in [6.07, 6.45) is 2.85. The van der Waals surface area contributed by atoms with E-state index in [1.807, 2.05) is 0 Å². The molecule has 0 aromatic heterocycles. The molecule has 6 heteroatoms. The molecular weight excluding hydrogens is 294 g/mol. The highest BCUT2D eigenvalue weighted by Crippen LogP contribution is 2.35. The molecule has 2 unspecified atom stereocenters. The highest BCUT2D eigenvalue weighted by atomic mass is 35.5. The van der Waals surface area contributed by atoms with E-state index in [9.17, 15) is 4.79 Å². The number of rotatable bonds is 5. The Balaban J connectivity index is 2.26. The van der Waals surface area contributed by atoms with Gasteiger partial charge < -0.3 is 19.5 Å². The maximum absolute atomic E-state index is 12.4. The van der Waals surface area contributed by atoms with Gasteiger partial charge in [-0.05, 0) is 19.3 Å². The lowest BCUT2D eigenvalue weighted by Gasteiger charge is -2.18. The number of carbonyl (C=O) groups excluding carboxylic acids is 1. The van der Waals surface area contributed by atoms with Crippen molar-refractivity contribution in [1.29, 1.82) is 0 Å². The van der Waals surface area contributed by atoms with Gasteiger partial charge in [0, 0.05) is 18.2 Å². The summed E-state index contributed by atoms with van der Waals surface area (Å²) in [6, 6.07) is 3.25. The molecule has 1 amide bonds. The molecule has 1 fully saturated rings. The molecule has 1 aliphatic rings. The molecule has 1 aromatic rings. The lowest BCUT2D eigenvalue weighted by Crippen LogP contribution is -2.38. The molecule has 1 N–H and O–H groups in total. The number of alkyl halides is 1. The van der Waals surface area contributed by atoms with Crippen molar-refractivity contribution in [1.82, 2.24) is 5.32 Å². The molecule has 0 saturated heterocycles. The van der Waals surface area contributed by atoms with Gasteiger partial charge in [-0.2, -0.15) is 0 Å². The molecule has 2 rings (SSSR count). The third-order valence-electron chi connectivity index (χ3n) is 3.70. The second kappa shape index (κ2) is 6.89. The van der Waals surface area contributed by atoms with Crippen molar-refractivity contribution in [2.24, 2.45) is 0 Å². The van der Waals surface area contributed by atoms with Crippen LogP contribution in [0.1, 0.15) is 29.6 Å². The average molecular weight is 314 g/mol. The van der Waals surface area contributed by atoms with Crippen LogP contribution in [0, 0.1) is 0 Å². The van der Waals surface area contributed by atoms with Crippen molar-refractivity contribution < 1.29 is 19.0 Å². The Kier molecular flexibility index (Phi) is 5.17. The molecule has 1 aliphatic carbocycles. The van der Waals surface area contributed by atoms with E-state index in [1.54, 1.807) is 12.1 Å². The van der Waals surface area contributed by atoms with Gasteiger partial charge in [0.2, 0.25) is 0 Å². The van der Waals surface area contributed by atoms with E-state index in [1.165, 1.54) is 21.3 Å². The van der Waals surface area contributed by atoms with Crippen LogP contribution in [0.25, 0.3) is 0 Å². The van der Waals surface area contributed by atoms with Gasteiger partial charge in [0.25, 0.3) is 5.91 Å². The van der Waals surface area contributed by atoms with Gasteiger partial charge >= 0.3 is 0 Å². The van der Waals surface area contributed by atoms with Crippen LogP contribution in [0.5, 0.6) is 17.2 Å². The second-order valence-corrected chi connectivity index (χ2v) is 5.49. The Bertz CT molecular complexity index is 521. The summed E-state index contributed by atoms with van der Waals surface area (Å²) in [7, 11) is 4.57. The van der Waals surface area contributed by atoms with Crippen LogP contribution in [0.3, 0.4) is 0 Å². The minimum Gasteiger partial charge on any atom is -0.496 e. The summed E-state index contributed by atoms with van der Waals surface area (Å²) in [5.74, 6) is 1.22. The first-order chi connectivity index (χ1) is 10.1. The third kappa shape index (κ3) is 3.35.